The number of aromatic nitrogens is 1. The number of nitrogens with zero attached hydrogens (tertiary/aromatic N) is 5. The Morgan fingerprint density at radius 2 is 1.95 bits per heavy atom. The molecule has 1 N–H and O–H groups in total. The SMILES string of the molecule is COc1ccnc(N2CCN(C3=Nc4c(csc4F)[C@@H](CC(=O)O)N3c3cc(C(F)(F)F)ccc3OC)C[C@H]2C)c1. The van der Waals surface area contributed by atoms with E-state index in [9.17, 15) is 27.5 Å². The highest BCUT2D eigenvalue weighted by Crippen LogP contribution is 2.47. The Hall–Kier alpha value is -4.07. The summed E-state index contributed by atoms with van der Waals surface area (Å²) in [6.07, 6.45) is -3.54. The Balaban J connectivity index is 1.60. The molecule has 1 aromatic carbocycles. The molecule has 5 rings (SSSR count). The van der Waals surface area contributed by atoms with Crippen LogP contribution in [0.5, 0.6) is 11.5 Å². The number of hydrogen-bond donors (Lipinski definition) is 1. The van der Waals surface area contributed by atoms with E-state index < -0.39 is 35.3 Å². The first kappa shape index (κ1) is 28.5. The van der Waals surface area contributed by atoms with Crippen LogP contribution in [0.15, 0.2) is 46.9 Å². The highest BCUT2D eigenvalue weighted by atomic mass is 32.1. The number of rotatable bonds is 6. The summed E-state index contributed by atoms with van der Waals surface area (Å²) >= 11 is 0.765. The average molecular weight is 594 g/mol. The minimum atomic E-state index is -4.67. The number of carbonyl (C=O) groups is 1. The van der Waals surface area contributed by atoms with E-state index in [1.807, 2.05) is 11.8 Å². The van der Waals surface area contributed by atoms with Gasteiger partial charge < -0.3 is 29.3 Å². The third-order valence-corrected chi connectivity index (χ3v) is 7.91. The van der Waals surface area contributed by atoms with Crippen LogP contribution in [0.25, 0.3) is 0 Å². The molecule has 0 amide bonds. The van der Waals surface area contributed by atoms with Crippen molar-refractivity contribution in [2.45, 2.75) is 31.6 Å². The number of carboxylic acid groups (broad SMARTS) is 1. The van der Waals surface area contributed by atoms with Crippen LogP contribution in [0.4, 0.5) is 34.8 Å². The molecule has 0 bridgehead atoms. The van der Waals surface area contributed by atoms with Crippen molar-refractivity contribution < 1.29 is 36.9 Å². The second kappa shape index (κ2) is 11.1. The first-order valence-corrected chi connectivity index (χ1v) is 13.5. The molecule has 0 aliphatic carbocycles. The average Bonchev–Trinajstić information content (AvgIpc) is 3.32. The lowest BCUT2D eigenvalue weighted by atomic mass is 10.00. The van der Waals surface area contributed by atoms with Crippen LogP contribution in [-0.4, -0.2) is 66.8 Å². The third-order valence-electron chi connectivity index (χ3n) is 7.14. The summed E-state index contributed by atoms with van der Waals surface area (Å²) in [5.74, 6) is 0.359. The van der Waals surface area contributed by atoms with E-state index in [1.54, 1.807) is 25.4 Å². The van der Waals surface area contributed by atoms with Gasteiger partial charge in [0.2, 0.25) is 11.1 Å². The molecule has 2 aromatic heterocycles. The number of ether oxygens (including phenoxy) is 2. The van der Waals surface area contributed by atoms with E-state index >= 15 is 0 Å². The molecule has 41 heavy (non-hydrogen) atoms. The van der Waals surface area contributed by atoms with Gasteiger partial charge in [0.15, 0.2) is 0 Å². The summed E-state index contributed by atoms with van der Waals surface area (Å²) in [6, 6.07) is 5.34. The number of anilines is 2. The zero-order valence-electron chi connectivity index (χ0n) is 22.4. The van der Waals surface area contributed by atoms with Gasteiger partial charge in [-0.05, 0) is 31.2 Å². The van der Waals surface area contributed by atoms with Crippen molar-refractivity contribution in [3.8, 4) is 11.5 Å². The van der Waals surface area contributed by atoms with E-state index in [-0.39, 0.29) is 34.7 Å². The fourth-order valence-corrected chi connectivity index (χ4v) is 5.98. The highest BCUT2D eigenvalue weighted by Gasteiger charge is 2.41. The summed E-state index contributed by atoms with van der Waals surface area (Å²) in [4.78, 5) is 26.4. The van der Waals surface area contributed by atoms with E-state index in [0.29, 0.717) is 31.2 Å². The Morgan fingerprint density at radius 3 is 2.61 bits per heavy atom. The monoisotopic (exact) mass is 593 g/mol. The normalized spacial score (nSPS) is 19.1. The smallest absolute Gasteiger partial charge is 0.416 e. The van der Waals surface area contributed by atoms with Crippen LogP contribution in [-0.2, 0) is 11.0 Å². The molecule has 1 saturated heterocycles. The number of aliphatic imine (C=N–C) groups is 1. The van der Waals surface area contributed by atoms with Gasteiger partial charge in [-0.1, -0.05) is 0 Å². The number of aliphatic carboxylic acids is 1. The molecule has 0 saturated carbocycles. The Morgan fingerprint density at radius 1 is 1.17 bits per heavy atom. The molecule has 2 atom stereocenters. The van der Waals surface area contributed by atoms with Gasteiger partial charge in [0.05, 0.1) is 37.9 Å². The maximum Gasteiger partial charge on any atom is 0.416 e. The number of thiophene rings is 1. The van der Waals surface area contributed by atoms with Crippen molar-refractivity contribution in [1.82, 2.24) is 9.88 Å². The second-order valence-electron chi connectivity index (χ2n) is 9.64. The number of benzene rings is 1. The van der Waals surface area contributed by atoms with Crippen LogP contribution >= 0.6 is 11.3 Å². The van der Waals surface area contributed by atoms with Crippen LogP contribution in [0, 0.1) is 5.13 Å². The maximum absolute atomic E-state index is 14.9. The van der Waals surface area contributed by atoms with Gasteiger partial charge in [-0.2, -0.15) is 17.6 Å². The summed E-state index contributed by atoms with van der Waals surface area (Å²) < 4.78 is 67.1. The molecule has 9 nitrogen and oxygen atoms in total. The van der Waals surface area contributed by atoms with Crippen LogP contribution in [0.1, 0.15) is 30.5 Å². The summed E-state index contributed by atoms with van der Waals surface area (Å²) in [5.41, 5.74) is -0.686. The Bertz CT molecular complexity index is 1480. The number of alkyl halides is 3. The topological polar surface area (TPSA) is 90.7 Å². The van der Waals surface area contributed by atoms with E-state index in [4.69, 9.17) is 9.47 Å². The molecule has 2 aliphatic rings. The molecule has 14 heteroatoms. The summed E-state index contributed by atoms with van der Waals surface area (Å²) in [7, 11) is 2.88. The van der Waals surface area contributed by atoms with E-state index in [0.717, 1.165) is 23.5 Å². The minimum absolute atomic E-state index is 0.0111. The molecular weight excluding hydrogens is 566 g/mol. The lowest BCUT2D eigenvalue weighted by molar-refractivity contribution is -0.138. The predicted octanol–water partition coefficient (Wildman–Crippen LogP) is 5.55. The number of halogens is 4. The first-order valence-electron chi connectivity index (χ1n) is 12.6. The predicted molar refractivity (Wildman–Crippen MR) is 146 cm³/mol. The molecule has 0 unspecified atom stereocenters. The molecule has 2 aliphatic heterocycles. The highest BCUT2D eigenvalue weighted by molar-refractivity contribution is 7.08. The molecule has 4 heterocycles. The fraction of sp³-hybridized carbons (Fsp3) is 0.370. The van der Waals surface area contributed by atoms with Crippen LogP contribution in [0.2, 0.25) is 0 Å². The van der Waals surface area contributed by atoms with Gasteiger partial charge in [0.25, 0.3) is 0 Å². The first-order chi connectivity index (χ1) is 19.5. The number of pyridine rings is 1. The zero-order chi connectivity index (χ0) is 29.5. The molecule has 1 fully saturated rings. The van der Waals surface area contributed by atoms with E-state index in [2.05, 4.69) is 14.9 Å². The second-order valence-corrected chi connectivity index (χ2v) is 10.5. The fourth-order valence-electron chi connectivity index (χ4n) is 5.20. The molecule has 0 radical (unpaired) electrons. The number of guanidine groups is 1. The Labute approximate surface area is 237 Å². The van der Waals surface area contributed by atoms with Crippen molar-refractivity contribution in [2.24, 2.45) is 4.99 Å². The molecule has 3 aromatic rings. The quantitative estimate of drug-likeness (QED) is 0.372. The third kappa shape index (κ3) is 5.47. The standard InChI is InChI=1S/C27H27F4N5O4S/c1-15-13-34(8-9-35(15)22-11-17(39-2)6-7-32-22)26-33-24-18(14-41-25(24)28)19(12-23(37)38)36(26)20-10-16(27(29,30)31)4-5-21(20)40-3/h4-7,10-11,14-15,19H,8-9,12-13H2,1-3H3,(H,37,38)/t15-,19-/m1/s1. The molecular formula is C27H27F4N5O4S. The lowest BCUT2D eigenvalue weighted by Crippen LogP contribution is -2.58. The largest absolute Gasteiger partial charge is 0.497 e. The molecule has 218 valence electrons. The van der Waals surface area contributed by atoms with Gasteiger partial charge in [-0.3, -0.25) is 4.79 Å². The zero-order valence-corrected chi connectivity index (χ0v) is 23.2. The number of hydrogen-bond acceptors (Lipinski definition) is 9. The lowest BCUT2D eigenvalue weighted by Gasteiger charge is -2.46. The number of fused-ring (bicyclic) bond motifs is 1. The number of piperazine rings is 1. The summed E-state index contributed by atoms with van der Waals surface area (Å²) in [5, 5.41) is 10.7. The van der Waals surface area contributed by atoms with Gasteiger partial charge >= 0.3 is 12.1 Å². The van der Waals surface area contributed by atoms with Crippen molar-refractivity contribution in [3.63, 3.8) is 0 Å². The van der Waals surface area contributed by atoms with Crippen LogP contribution < -0.4 is 19.3 Å². The van der Waals surface area contributed by atoms with Gasteiger partial charge in [0.1, 0.15) is 23.0 Å². The maximum atomic E-state index is 14.9. The van der Waals surface area contributed by atoms with Gasteiger partial charge in [-0.25, -0.2) is 9.98 Å². The number of carboxylic acids is 1. The Kier molecular flexibility index (Phi) is 7.68. The van der Waals surface area contributed by atoms with Crippen molar-refractivity contribution in [3.05, 3.63) is 58.2 Å². The van der Waals surface area contributed by atoms with E-state index in [1.165, 1.54) is 23.5 Å². The van der Waals surface area contributed by atoms with Crippen molar-refractivity contribution >= 4 is 40.5 Å². The van der Waals surface area contributed by atoms with Crippen molar-refractivity contribution in [2.75, 3.05) is 43.7 Å². The number of methoxy groups -OCH3 is 2. The summed E-state index contributed by atoms with van der Waals surface area (Å²) in [6.45, 7) is 3.10. The molecule has 0 spiro atoms. The van der Waals surface area contributed by atoms with Gasteiger partial charge in [-0.15, -0.1) is 11.3 Å². The van der Waals surface area contributed by atoms with Crippen molar-refractivity contribution in [1.29, 1.82) is 0 Å². The van der Waals surface area contributed by atoms with Gasteiger partial charge in [0, 0.05) is 48.9 Å². The van der Waals surface area contributed by atoms with Crippen LogP contribution in [0.3, 0.4) is 0 Å². The minimum Gasteiger partial charge on any atom is -0.497 e.